The summed E-state index contributed by atoms with van der Waals surface area (Å²) in [4.78, 5) is 23.8. The van der Waals surface area contributed by atoms with Crippen molar-refractivity contribution < 1.29 is 14.0 Å². The lowest BCUT2D eigenvalue weighted by Crippen LogP contribution is -2.33. The molecule has 0 spiro atoms. The zero-order valence-electron chi connectivity index (χ0n) is 11.7. The topological polar surface area (TPSA) is 83.1 Å². The van der Waals surface area contributed by atoms with Gasteiger partial charge in [0, 0.05) is 0 Å². The Balaban J connectivity index is 1.95. The van der Waals surface area contributed by atoms with E-state index in [1.807, 2.05) is 30.3 Å². The predicted octanol–water partition coefficient (Wildman–Crippen LogP) is 2.32. The molecule has 0 fully saturated rings. The van der Waals surface area contributed by atoms with Crippen molar-refractivity contribution in [1.29, 1.82) is 5.26 Å². The number of nitrogens with one attached hydrogen (secondary N) is 1. The summed E-state index contributed by atoms with van der Waals surface area (Å²) in [5.41, 5.74) is 0.823. The smallest absolute Gasteiger partial charge is 0.245 e. The number of hydrogen-bond acceptors (Lipinski definition) is 4. The van der Waals surface area contributed by atoms with Crippen LogP contribution in [0.1, 0.15) is 11.3 Å². The number of allylic oxidation sites excluding steroid dienone is 1. The molecule has 110 valence electrons. The van der Waals surface area contributed by atoms with Gasteiger partial charge in [-0.2, -0.15) is 5.26 Å². The molecule has 1 unspecified atom stereocenters. The molecule has 1 N–H and O–H groups in total. The van der Waals surface area contributed by atoms with Crippen molar-refractivity contribution in [2.75, 3.05) is 0 Å². The average molecular weight is 294 g/mol. The molecule has 5 nitrogen and oxygen atoms in total. The fourth-order valence-electron chi connectivity index (χ4n) is 1.78. The van der Waals surface area contributed by atoms with E-state index in [-0.39, 0.29) is 6.54 Å². The van der Waals surface area contributed by atoms with Crippen LogP contribution in [0, 0.1) is 17.2 Å². The van der Waals surface area contributed by atoms with Gasteiger partial charge in [0.15, 0.2) is 11.7 Å². The van der Waals surface area contributed by atoms with Crippen molar-refractivity contribution in [1.82, 2.24) is 5.32 Å². The Morgan fingerprint density at radius 3 is 2.64 bits per heavy atom. The van der Waals surface area contributed by atoms with Crippen LogP contribution < -0.4 is 5.32 Å². The van der Waals surface area contributed by atoms with Gasteiger partial charge in [-0.15, -0.1) is 0 Å². The van der Waals surface area contributed by atoms with Gasteiger partial charge in [-0.3, -0.25) is 9.59 Å². The maximum atomic E-state index is 12.0. The molecule has 2 aromatic rings. The van der Waals surface area contributed by atoms with Crippen LogP contribution in [0.4, 0.5) is 0 Å². The number of carbonyl (C=O) groups excluding carboxylic acids is 2. The number of nitrogens with zero attached hydrogens (tertiary/aromatic N) is 1. The molecule has 0 radical (unpaired) electrons. The zero-order valence-corrected chi connectivity index (χ0v) is 11.7. The first-order valence-electron chi connectivity index (χ1n) is 6.67. The van der Waals surface area contributed by atoms with Crippen molar-refractivity contribution in [3.05, 3.63) is 66.1 Å². The van der Waals surface area contributed by atoms with Crippen LogP contribution in [0.3, 0.4) is 0 Å². The maximum Gasteiger partial charge on any atom is 0.245 e. The van der Waals surface area contributed by atoms with Crippen LogP contribution in [0.5, 0.6) is 0 Å². The number of benzene rings is 1. The number of hydrogen-bond donors (Lipinski definition) is 1. The van der Waals surface area contributed by atoms with Crippen LogP contribution in [0.2, 0.25) is 0 Å². The van der Waals surface area contributed by atoms with Crippen LogP contribution in [-0.4, -0.2) is 11.7 Å². The quantitative estimate of drug-likeness (QED) is 0.654. The Labute approximate surface area is 127 Å². The molecular weight excluding hydrogens is 280 g/mol. The van der Waals surface area contributed by atoms with E-state index in [4.69, 9.17) is 9.68 Å². The van der Waals surface area contributed by atoms with Gasteiger partial charge >= 0.3 is 0 Å². The predicted molar refractivity (Wildman–Crippen MR) is 80.1 cm³/mol. The third-order valence-corrected chi connectivity index (χ3v) is 2.93. The molecule has 1 aromatic carbocycles. The normalized spacial score (nSPS) is 11.8. The van der Waals surface area contributed by atoms with Crippen molar-refractivity contribution in [2.24, 2.45) is 5.92 Å². The van der Waals surface area contributed by atoms with E-state index in [0.29, 0.717) is 5.76 Å². The van der Waals surface area contributed by atoms with Crippen molar-refractivity contribution >= 4 is 17.8 Å². The number of rotatable bonds is 6. The monoisotopic (exact) mass is 294 g/mol. The van der Waals surface area contributed by atoms with Gasteiger partial charge in [-0.1, -0.05) is 36.4 Å². The van der Waals surface area contributed by atoms with Gasteiger partial charge in [-0.25, -0.2) is 0 Å². The van der Waals surface area contributed by atoms with E-state index >= 15 is 0 Å². The van der Waals surface area contributed by atoms with Crippen LogP contribution in [-0.2, 0) is 16.1 Å². The Bertz CT molecular complexity index is 697. The van der Waals surface area contributed by atoms with Gasteiger partial charge in [-0.05, 0) is 23.8 Å². The van der Waals surface area contributed by atoms with Crippen molar-refractivity contribution in [3.8, 4) is 6.07 Å². The Kier molecular flexibility index (Phi) is 5.27. The third-order valence-electron chi connectivity index (χ3n) is 2.93. The number of furan rings is 1. The van der Waals surface area contributed by atoms with Crippen molar-refractivity contribution in [3.63, 3.8) is 0 Å². The molecule has 1 aromatic heterocycles. The molecule has 2 rings (SSSR count). The number of nitriles is 1. The van der Waals surface area contributed by atoms with E-state index in [1.54, 1.807) is 24.3 Å². The van der Waals surface area contributed by atoms with Gasteiger partial charge in [0.2, 0.25) is 5.91 Å². The minimum atomic E-state index is -1.37. The minimum absolute atomic E-state index is 0.139. The second-order valence-corrected chi connectivity index (χ2v) is 4.51. The SMILES string of the molecule is N#CC(C(=O)C=Cc1ccccc1)C(=O)NCc1ccco1. The minimum Gasteiger partial charge on any atom is -0.467 e. The van der Waals surface area contributed by atoms with E-state index in [1.165, 1.54) is 12.3 Å². The zero-order chi connectivity index (χ0) is 15.8. The molecule has 0 aliphatic carbocycles. The Morgan fingerprint density at radius 2 is 2.00 bits per heavy atom. The molecule has 22 heavy (non-hydrogen) atoms. The number of ketones is 1. The molecular formula is C17H14N2O3. The number of amides is 1. The summed E-state index contributed by atoms with van der Waals surface area (Å²) in [6.45, 7) is 0.139. The van der Waals surface area contributed by atoms with Crippen LogP contribution >= 0.6 is 0 Å². The molecule has 0 aliphatic rings. The lowest BCUT2D eigenvalue weighted by atomic mass is 10.0. The first-order chi connectivity index (χ1) is 10.7. The summed E-state index contributed by atoms with van der Waals surface area (Å²) in [7, 11) is 0. The Morgan fingerprint density at radius 1 is 1.23 bits per heavy atom. The fourth-order valence-corrected chi connectivity index (χ4v) is 1.78. The van der Waals surface area contributed by atoms with Crippen molar-refractivity contribution in [2.45, 2.75) is 6.54 Å². The highest BCUT2D eigenvalue weighted by Gasteiger charge is 2.24. The van der Waals surface area contributed by atoms with Gasteiger partial charge in [0.05, 0.1) is 18.9 Å². The van der Waals surface area contributed by atoms with E-state index in [9.17, 15) is 9.59 Å². The Hall–Kier alpha value is -3.13. The highest BCUT2D eigenvalue weighted by Crippen LogP contribution is 2.06. The summed E-state index contributed by atoms with van der Waals surface area (Å²) in [6, 6.07) is 14.3. The van der Waals surface area contributed by atoms with Gasteiger partial charge < -0.3 is 9.73 Å². The lowest BCUT2D eigenvalue weighted by Gasteiger charge is -2.06. The summed E-state index contributed by atoms with van der Waals surface area (Å²) in [5, 5.41) is 11.5. The molecule has 1 heterocycles. The summed E-state index contributed by atoms with van der Waals surface area (Å²) in [6.07, 6.45) is 4.30. The fraction of sp³-hybridized carbons (Fsp3) is 0.118. The van der Waals surface area contributed by atoms with Gasteiger partial charge in [0.25, 0.3) is 0 Å². The molecule has 1 amide bonds. The number of carbonyl (C=O) groups is 2. The summed E-state index contributed by atoms with van der Waals surface area (Å²) >= 11 is 0. The molecule has 1 atom stereocenters. The average Bonchev–Trinajstić information content (AvgIpc) is 3.06. The maximum absolute atomic E-state index is 12.0. The molecule has 0 saturated heterocycles. The first kappa shape index (κ1) is 15.3. The second kappa shape index (κ2) is 7.60. The molecule has 0 bridgehead atoms. The summed E-state index contributed by atoms with van der Waals surface area (Å²) < 4.78 is 5.07. The molecule has 0 saturated carbocycles. The lowest BCUT2D eigenvalue weighted by molar-refractivity contribution is -0.129. The first-order valence-corrected chi connectivity index (χ1v) is 6.67. The molecule has 0 aliphatic heterocycles. The highest BCUT2D eigenvalue weighted by atomic mass is 16.3. The molecule has 5 heteroatoms. The summed E-state index contributed by atoms with van der Waals surface area (Å²) in [5.74, 6) is -2.00. The van der Waals surface area contributed by atoms with Crippen LogP contribution in [0.15, 0.2) is 59.2 Å². The van der Waals surface area contributed by atoms with E-state index < -0.39 is 17.6 Å². The van der Waals surface area contributed by atoms with Crippen LogP contribution in [0.25, 0.3) is 6.08 Å². The van der Waals surface area contributed by atoms with E-state index in [0.717, 1.165) is 5.56 Å². The van der Waals surface area contributed by atoms with Gasteiger partial charge in [0.1, 0.15) is 5.76 Å². The third kappa shape index (κ3) is 4.18. The largest absolute Gasteiger partial charge is 0.467 e. The van der Waals surface area contributed by atoms with E-state index in [2.05, 4.69) is 5.32 Å². The highest BCUT2D eigenvalue weighted by molar-refractivity contribution is 6.10. The standard InChI is InChI=1S/C17H14N2O3/c18-11-15(17(21)19-12-14-7-4-10-22-14)16(20)9-8-13-5-2-1-3-6-13/h1-10,15H,12H2,(H,19,21). The second-order valence-electron chi connectivity index (χ2n) is 4.51.